The fourth-order valence-corrected chi connectivity index (χ4v) is 7.45. The summed E-state index contributed by atoms with van der Waals surface area (Å²) in [6.45, 7) is 5.41. The van der Waals surface area contributed by atoms with Gasteiger partial charge >= 0.3 is 5.97 Å². The molecule has 8 atom stereocenters. The smallest absolute Gasteiger partial charge is 0.372 e. The summed E-state index contributed by atoms with van der Waals surface area (Å²) in [6.07, 6.45) is 2.12. The average Bonchev–Trinajstić information content (AvgIpc) is 2.86. The molecule has 3 saturated carbocycles. The zero-order valence-corrected chi connectivity index (χ0v) is 17.3. The molecule has 0 aromatic carbocycles. The van der Waals surface area contributed by atoms with Gasteiger partial charge in [-0.2, -0.15) is 0 Å². The van der Waals surface area contributed by atoms with E-state index in [-0.39, 0.29) is 41.4 Å². The summed E-state index contributed by atoms with van der Waals surface area (Å²) in [5.41, 5.74) is -1.49. The van der Waals surface area contributed by atoms with Gasteiger partial charge in [0.15, 0.2) is 5.78 Å². The van der Waals surface area contributed by atoms with Gasteiger partial charge in [0, 0.05) is 23.7 Å². The van der Waals surface area contributed by atoms with Crippen molar-refractivity contribution < 1.29 is 28.7 Å². The van der Waals surface area contributed by atoms with Crippen LogP contribution in [0.4, 0.5) is 4.39 Å². The van der Waals surface area contributed by atoms with E-state index in [1.54, 1.807) is 6.92 Å². The first kappa shape index (κ1) is 20.5. The quantitative estimate of drug-likeness (QED) is 0.688. The summed E-state index contributed by atoms with van der Waals surface area (Å²) in [5, 5.41) is 9.29. The second kappa shape index (κ2) is 6.34. The highest BCUT2D eigenvalue weighted by Gasteiger charge is 2.66. The molecule has 0 heterocycles. The highest BCUT2D eigenvalue weighted by atomic mass is 35.5. The molecule has 0 saturated heterocycles. The number of Topliss-reactive ketones (excluding diaryl/α,β-unsaturated/α-hetero) is 2. The number of allylic oxidation sites excluding steroid dienone is 4. The van der Waals surface area contributed by atoms with Crippen molar-refractivity contribution in [1.29, 1.82) is 0 Å². The van der Waals surface area contributed by atoms with E-state index in [2.05, 4.69) is 0 Å². The van der Waals surface area contributed by atoms with Gasteiger partial charge in [-0.15, -0.1) is 0 Å². The fourth-order valence-electron chi connectivity index (χ4n) is 7.16. The van der Waals surface area contributed by atoms with Gasteiger partial charge in [-0.25, -0.2) is 9.18 Å². The van der Waals surface area contributed by atoms with Crippen molar-refractivity contribution >= 4 is 34.9 Å². The molecule has 0 aliphatic heterocycles. The van der Waals surface area contributed by atoms with Crippen molar-refractivity contribution in [2.45, 2.75) is 46.2 Å². The van der Waals surface area contributed by atoms with E-state index in [1.807, 2.05) is 13.8 Å². The molecule has 0 spiro atoms. The molecule has 3 fully saturated rings. The largest absolute Gasteiger partial charge is 0.475 e. The number of carboxylic acids is 1. The summed E-state index contributed by atoms with van der Waals surface area (Å²) < 4.78 is 15.3. The number of halogens is 2. The van der Waals surface area contributed by atoms with Crippen LogP contribution in [0.1, 0.15) is 40.0 Å². The van der Waals surface area contributed by atoms with Crippen LogP contribution < -0.4 is 0 Å². The lowest BCUT2D eigenvalue weighted by Gasteiger charge is -2.56. The molecule has 0 radical (unpaired) electrons. The predicted molar refractivity (Wildman–Crippen MR) is 103 cm³/mol. The molecular formula is C22H24ClFO5. The number of alkyl halides is 1. The molecule has 0 aromatic rings. The maximum Gasteiger partial charge on any atom is 0.372 e. The molecule has 0 bridgehead atoms. The first-order valence-electron chi connectivity index (χ1n) is 10.0. The van der Waals surface area contributed by atoms with E-state index in [1.165, 1.54) is 12.2 Å². The molecule has 0 amide bonds. The Labute approximate surface area is 173 Å². The van der Waals surface area contributed by atoms with Crippen LogP contribution in [0, 0.1) is 40.4 Å². The lowest BCUT2D eigenvalue weighted by molar-refractivity contribution is -0.157. The van der Waals surface area contributed by atoms with E-state index in [4.69, 9.17) is 11.6 Å². The van der Waals surface area contributed by atoms with Crippen LogP contribution in [-0.4, -0.2) is 34.6 Å². The third-order valence-electron chi connectivity index (χ3n) is 8.13. The molecule has 29 heavy (non-hydrogen) atoms. The minimum atomic E-state index is -1.48. The Kier molecular flexibility index (Phi) is 4.47. The van der Waals surface area contributed by atoms with E-state index in [0.29, 0.717) is 12.0 Å². The van der Waals surface area contributed by atoms with Gasteiger partial charge in [-0.3, -0.25) is 14.4 Å². The van der Waals surface area contributed by atoms with E-state index in [0.717, 1.165) is 0 Å². The number of aliphatic carboxylic acids is 1. The second-order valence-corrected chi connectivity index (χ2v) is 10.1. The predicted octanol–water partition coefficient (Wildman–Crippen LogP) is 3.50. The van der Waals surface area contributed by atoms with Crippen LogP contribution in [0.15, 0.2) is 22.8 Å². The molecule has 156 valence electrons. The van der Waals surface area contributed by atoms with Gasteiger partial charge in [0.05, 0.1) is 5.03 Å². The Morgan fingerprint density at radius 3 is 2.52 bits per heavy atom. The number of rotatable bonds is 2. The summed E-state index contributed by atoms with van der Waals surface area (Å²) >= 11 is 6.09. The Bertz CT molecular complexity index is 907. The zero-order chi connectivity index (χ0) is 21.5. The number of carbonyl (C=O) groups is 4. The normalized spacial score (nSPS) is 46.2. The van der Waals surface area contributed by atoms with Gasteiger partial charge in [-0.05, 0) is 47.7 Å². The molecule has 2 unspecified atom stereocenters. The van der Waals surface area contributed by atoms with Gasteiger partial charge in [0.25, 0.3) is 0 Å². The summed E-state index contributed by atoms with van der Waals surface area (Å²) in [4.78, 5) is 49.3. The summed E-state index contributed by atoms with van der Waals surface area (Å²) in [7, 11) is 0. The molecular weight excluding hydrogens is 399 g/mol. The standard InChI is InChI=1S/C22H24ClFO5/c1-9-4-11-10-5-14(24)12-6-15(25)13(23)7-21(12,2)18(10)16(26)8-22(11,3)17(9)19(27)20(28)29/h6-7,9-11,14,17-18H,4-5,8H2,1-3H3,(H,28,29)/t9?,10-,11-,14?,17+,18+,21-,22-/m0/s1. The summed E-state index contributed by atoms with van der Waals surface area (Å²) in [5.74, 6) is -4.87. The van der Waals surface area contributed by atoms with Crippen LogP contribution in [0.25, 0.3) is 0 Å². The minimum Gasteiger partial charge on any atom is -0.475 e. The van der Waals surface area contributed by atoms with Gasteiger partial charge < -0.3 is 5.11 Å². The SMILES string of the molecule is CC1C[C@H]2[C@@H]3CC(F)C4=CC(=O)C(Cl)=C[C@]4(C)[C@H]3C(=O)C[C@]2(C)[C@H]1C(=O)C(=O)O. The number of ketones is 3. The number of hydrogen-bond donors (Lipinski definition) is 1. The molecule has 4 rings (SSSR count). The molecule has 1 N–H and O–H groups in total. The van der Waals surface area contributed by atoms with Crippen LogP contribution in [0.5, 0.6) is 0 Å². The number of carboxylic acid groups (broad SMARTS) is 1. The van der Waals surface area contributed by atoms with Crippen molar-refractivity contribution in [1.82, 2.24) is 0 Å². The highest BCUT2D eigenvalue weighted by Crippen LogP contribution is 2.66. The Hall–Kier alpha value is -1.82. The van der Waals surface area contributed by atoms with Crippen molar-refractivity contribution in [3.63, 3.8) is 0 Å². The van der Waals surface area contributed by atoms with Crippen molar-refractivity contribution in [2.75, 3.05) is 0 Å². The van der Waals surface area contributed by atoms with Gasteiger partial charge in [-0.1, -0.05) is 38.4 Å². The summed E-state index contributed by atoms with van der Waals surface area (Å²) in [6, 6.07) is 0. The van der Waals surface area contributed by atoms with Crippen LogP contribution >= 0.6 is 11.6 Å². The third kappa shape index (κ3) is 2.64. The number of hydrogen-bond acceptors (Lipinski definition) is 4. The minimum absolute atomic E-state index is 0.0102. The maximum atomic E-state index is 15.3. The Balaban J connectivity index is 1.80. The van der Waals surface area contributed by atoms with Crippen LogP contribution in [0.3, 0.4) is 0 Å². The molecule has 4 aliphatic rings. The lowest BCUT2D eigenvalue weighted by Crippen LogP contribution is -2.57. The fraction of sp³-hybridized carbons (Fsp3) is 0.636. The first-order valence-corrected chi connectivity index (χ1v) is 10.4. The van der Waals surface area contributed by atoms with Crippen LogP contribution in [0.2, 0.25) is 0 Å². The Morgan fingerprint density at radius 1 is 1.24 bits per heavy atom. The molecule has 7 heteroatoms. The molecule has 0 aromatic heterocycles. The number of fused-ring (bicyclic) bond motifs is 5. The average molecular weight is 423 g/mol. The van der Waals surface area contributed by atoms with Crippen molar-refractivity contribution in [2.24, 2.45) is 40.4 Å². The van der Waals surface area contributed by atoms with Gasteiger partial charge in [0.1, 0.15) is 12.0 Å². The number of carbonyl (C=O) groups excluding carboxylic acids is 3. The van der Waals surface area contributed by atoms with Gasteiger partial charge in [0.2, 0.25) is 5.78 Å². The monoisotopic (exact) mass is 422 g/mol. The zero-order valence-electron chi connectivity index (χ0n) is 16.6. The lowest BCUT2D eigenvalue weighted by atomic mass is 9.47. The van der Waals surface area contributed by atoms with E-state index in [9.17, 15) is 24.3 Å². The Morgan fingerprint density at radius 2 is 1.90 bits per heavy atom. The van der Waals surface area contributed by atoms with E-state index >= 15 is 4.39 Å². The third-order valence-corrected chi connectivity index (χ3v) is 8.42. The van der Waals surface area contributed by atoms with Crippen molar-refractivity contribution in [3.05, 3.63) is 22.8 Å². The van der Waals surface area contributed by atoms with Crippen LogP contribution in [-0.2, 0) is 19.2 Å². The van der Waals surface area contributed by atoms with Crippen molar-refractivity contribution in [3.8, 4) is 0 Å². The highest BCUT2D eigenvalue weighted by molar-refractivity contribution is 6.44. The molecule has 4 aliphatic carbocycles. The first-order chi connectivity index (χ1) is 13.4. The molecule has 5 nitrogen and oxygen atoms in total. The topological polar surface area (TPSA) is 88.5 Å². The maximum absolute atomic E-state index is 15.3. The van der Waals surface area contributed by atoms with E-state index < -0.39 is 46.4 Å². The second-order valence-electron chi connectivity index (χ2n) is 9.70.